The van der Waals surface area contributed by atoms with Crippen molar-refractivity contribution >= 4 is 75.4 Å². The molecule has 1 aliphatic heterocycles. The van der Waals surface area contributed by atoms with E-state index < -0.39 is 23.8 Å². The number of azo groups is 1. The van der Waals surface area contributed by atoms with E-state index >= 15 is 0 Å². The Labute approximate surface area is 336 Å². The molecule has 2 N–H and O–H groups in total. The number of ether oxygens (including phenoxy) is 2. The predicted molar refractivity (Wildman–Crippen MR) is 219 cm³/mol. The molecule has 11 nitrogen and oxygen atoms in total. The van der Waals surface area contributed by atoms with Gasteiger partial charge in [-0.1, -0.05) is 101 Å². The van der Waals surface area contributed by atoms with Crippen LogP contribution in [0, 0.1) is 0 Å². The standard InChI is InChI=1S/C41H43Cl3N6O5/c1-8-40(3,4)24-14-19-33(29(20-24)41(5,6)9-2)55-23-34(51)45-32-13-11-10-12-28(32)38(52)46-37-35(48-47-26-15-17-27(54-7)18-16-26)39(53)50(49-37)36-30(43)21-25(42)22-31(36)44/h10-22,35H,8-9,23H2,1-7H3,(H,45,51)(H,46,49,52). The van der Waals surface area contributed by atoms with Crippen LogP contribution < -0.4 is 25.1 Å². The average molecular weight is 806 g/mol. The maximum Gasteiger partial charge on any atom is 0.282 e. The molecule has 0 fully saturated rings. The highest BCUT2D eigenvalue weighted by atomic mass is 35.5. The lowest BCUT2D eigenvalue weighted by Crippen LogP contribution is -2.39. The summed E-state index contributed by atoms with van der Waals surface area (Å²) < 4.78 is 11.3. The third-order valence-corrected chi connectivity index (χ3v) is 10.6. The number of hydrazone groups is 1. The minimum Gasteiger partial charge on any atom is -0.497 e. The minimum absolute atomic E-state index is 0.0240. The van der Waals surface area contributed by atoms with E-state index in [-0.39, 0.29) is 55.3 Å². The van der Waals surface area contributed by atoms with E-state index in [2.05, 4.69) is 73.6 Å². The summed E-state index contributed by atoms with van der Waals surface area (Å²) in [5.74, 6) is -0.765. The molecule has 1 atom stereocenters. The Hall–Kier alpha value is -4.97. The molecule has 5 rings (SSSR count). The largest absolute Gasteiger partial charge is 0.497 e. The van der Waals surface area contributed by atoms with Crippen LogP contribution in [0.4, 0.5) is 17.1 Å². The Morgan fingerprint density at radius 1 is 0.873 bits per heavy atom. The van der Waals surface area contributed by atoms with E-state index in [0.717, 1.165) is 23.4 Å². The lowest BCUT2D eigenvalue weighted by atomic mass is 9.76. The Morgan fingerprint density at radius 3 is 2.16 bits per heavy atom. The van der Waals surface area contributed by atoms with E-state index in [0.29, 0.717) is 17.2 Å². The lowest BCUT2D eigenvalue weighted by molar-refractivity contribution is -0.118. The molecule has 0 saturated heterocycles. The monoisotopic (exact) mass is 804 g/mol. The van der Waals surface area contributed by atoms with Gasteiger partial charge in [0.25, 0.3) is 17.7 Å². The SMILES string of the molecule is CCC(C)(C)c1ccc(OCC(=O)Nc2ccccc2C(=O)NC2=NN(c3c(Cl)cc(Cl)cc3Cl)C(=O)C2N=Nc2ccc(OC)cc2)c(C(C)(C)CC)c1. The number of halogens is 3. The van der Waals surface area contributed by atoms with Gasteiger partial charge in [0.05, 0.1) is 34.1 Å². The zero-order valence-electron chi connectivity index (χ0n) is 31.7. The number of carbonyl (C=O) groups excluding carboxylic acids is 3. The molecule has 0 spiro atoms. The van der Waals surface area contributed by atoms with Crippen LogP contribution >= 0.6 is 34.8 Å². The van der Waals surface area contributed by atoms with Gasteiger partial charge in [-0.3, -0.25) is 14.4 Å². The molecule has 0 aliphatic carbocycles. The van der Waals surface area contributed by atoms with E-state index in [1.165, 1.54) is 30.9 Å². The second kappa shape index (κ2) is 17.2. The first kappa shape index (κ1) is 41.2. The van der Waals surface area contributed by atoms with E-state index in [1.54, 1.807) is 42.5 Å². The Morgan fingerprint density at radius 2 is 1.53 bits per heavy atom. The van der Waals surface area contributed by atoms with Gasteiger partial charge in [-0.25, -0.2) is 0 Å². The van der Waals surface area contributed by atoms with Crippen LogP contribution in [0.3, 0.4) is 0 Å². The summed E-state index contributed by atoms with van der Waals surface area (Å²) in [6.07, 6.45) is 1.84. The number of carbonyl (C=O) groups is 3. The second-order valence-electron chi connectivity index (χ2n) is 14.2. The Kier molecular flexibility index (Phi) is 12.9. The van der Waals surface area contributed by atoms with Crippen molar-refractivity contribution < 1.29 is 23.9 Å². The number of rotatable bonds is 13. The van der Waals surface area contributed by atoms with Gasteiger partial charge in [-0.15, -0.1) is 5.10 Å². The summed E-state index contributed by atoms with van der Waals surface area (Å²) in [5, 5.41) is 19.6. The molecule has 0 bridgehead atoms. The first-order valence-corrected chi connectivity index (χ1v) is 18.8. The quantitative estimate of drug-likeness (QED) is 0.130. The molecular weight excluding hydrogens is 763 g/mol. The zero-order chi connectivity index (χ0) is 40.1. The lowest BCUT2D eigenvalue weighted by Gasteiger charge is -2.30. The molecule has 1 unspecified atom stereocenters. The van der Waals surface area contributed by atoms with E-state index in [1.807, 2.05) is 12.1 Å². The molecule has 0 aromatic heterocycles. The highest BCUT2D eigenvalue weighted by molar-refractivity contribution is 6.43. The highest BCUT2D eigenvalue weighted by Gasteiger charge is 2.40. The summed E-state index contributed by atoms with van der Waals surface area (Å²) in [6, 6.07) is 20.7. The van der Waals surface area contributed by atoms with Crippen LogP contribution in [0.1, 0.15) is 75.9 Å². The van der Waals surface area contributed by atoms with Gasteiger partial charge in [0, 0.05) is 10.6 Å². The Bertz CT molecular complexity index is 2130. The molecular formula is C41H43Cl3N6O5. The zero-order valence-corrected chi connectivity index (χ0v) is 33.9. The van der Waals surface area contributed by atoms with Crippen molar-refractivity contribution in [1.29, 1.82) is 0 Å². The third kappa shape index (κ3) is 9.47. The average Bonchev–Trinajstić information content (AvgIpc) is 3.45. The molecule has 4 aromatic rings. The highest BCUT2D eigenvalue weighted by Crippen LogP contribution is 2.40. The van der Waals surface area contributed by atoms with Gasteiger partial charge in [0.15, 0.2) is 12.4 Å². The van der Waals surface area contributed by atoms with Crippen LogP contribution in [0.25, 0.3) is 0 Å². The van der Waals surface area contributed by atoms with Crippen molar-refractivity contribution in [3.05, 3.63) is 111 Å². The number of methoxy groups -OCH3 is 1. The normalized spacial score (nSPS) is 14.6. The molecule has 0 saturated carbocycles. The fourth-order valence-corrected chi connectivity index (χ4v) is 6.59. The smallest absolute Gasteiger partial charge is 0.282 e. The summed E-state index contributed by atoms with van der Waals surface area (Å²) in [5.41, 5.74) is 2.76. The number of benzene rings is 4. The number of amides is 3. The minimum atomic E-state index is -1.39. The topological polar surface area (TPSA) is 134 Å². The summed E-state index contributed by atoms with van der Waals surface area (Å²) in [7, 11) is 1.54. The van der Waals surface area contributed by atoms with Gasteiger partial charge in [0.1, 0.15) is 17.2 Å². The molecule has 3 amide bonds. The summed E-state index contributed by atoms with van der Waals surface area (Å²) >= 11 is 19.0. The number of nitrogens with zero attached hydrogens (tertiary/aromatic N) is 4. The van der Waals surface area contributed by atoms with Crippen molar-refractivity contribution in [2.75, 3.05) is 24.0 Å². The van der Waals surface area contributed by atoms with Crippen molar-refractivity contribution in [1.82, 2.24) is 5.32 Å². The van der Waals surface area contributed by atoms with Gasteiger partial charge in [-0.2, -0.15) is 15.2 Å². The van der Waals surface area contributed by atoms with Crippen LogP contribution in [0.5, 0.6) is 11.5 Å². The molecule has 4 aromatic carbocycles. The first-order chi connectivity index (χ1) is 26.1. The fraction of sp³-hybridized carbons (Fsp3) is 0.317. The number of amidine groups is 1. The number of hydrogen-bond acceptors (Lipinski definition) is 8. The second-order valence-corrected chi connectivity index (χ2v) is 15.4. The van der Waals surface area contributed by atoms with Gasteiger partial charge >= 0.3 is 0 Å². The summed E-state index contributed by atoms with van der Waals surface area (Å²) in [4.78, 5) is 41.0. The first-order valence-electron chi connectivity index (χ1n) is 17.7. The van der Waals surface area contributed by atoms with Crippen molar-refractivity contribution in [3.63, 3.8) is 0 Å². The summed E-state index contributed by atoms with van der Waals surface area (Å²) in [6.45, 7) is 12.7. The van der Waals surface area contributed by atoms with Crippen LogP contribution in [-0.2, 0) is 20.4 Å². The molecule has 0 radical (unpaired) electrons. The predicted octanol–water partition coefficient (Wildman–Crippen LogP) is 10.3. The van der Waals surface area contributed by atoms with E-state index in [9.17, 15) is 14.4 Å². The van der Waals surface area contributed by atoms with Crippen molar-refractivity contribution in [2.24, 2.45) is 15.3 Å². The molecule has 55 heavy (non-hydrogen) atoms. The number of nitrogens with one attached hydrogen (secondary N) is 2. The number of anilines is 2. The number of hydrogen-bond donors (Lipinski definition) is 2. The fourth-order valence-electron chi connectivity index (χ4n) is 5.62. The maximum absolute atomic E-state index is 13.9. The van der Waals surface area contributed by atoms with Crippen LogP contribution in [0.15, 0.2) is 94.2 Å². The molecule has 1 heterocycles. The van der Waals surface area contributed by atoms with Crippen LogP contribution in [0.2, 0.25) is 15.1 Å². The molecule has 14 heteroatoms. The Balaban J connectivity index is 1.38. The van der Waals surface area contributed by atoms with Crippen molar-refractivity contribution in [3.8, 4) is 11.5 Å². The van der Waals surface area contributed by atoms with Crippen molar-refractivity contribution in [2.45, 2.75) is 71.3 Å². The van der Waals surface area contributed by atoms with Gasteiger partial charge < -0.3 is 20.1 Å². The maximum atomic E-state index is 13.9. The van der Waals surface area contributed by atoms with Gasteiger partial charge in [-0.05, 0) is 83.8 Å². The van der Waals surface area contributed by atoms with Gasteiger partial charge in [0.2, 0.25) is 6.04 Å². The molecule has 1 aliphatic rings. The molecule has 288 valence electrons. The van der Waals surface area contributed by atoms with E-state index in [4.69, 9.17) is 44.3 Å². The number of para-hydroxylation sites is 1. The van der Waals surface area contributed by atoms with Crippen LogP contribution in [-0.4, -0.2) is 43.3 Å². The third-order valence-electron chi connectivity index (χ3n) is 9.77.